The molecule has 1 aromatic rings. The van der Waals surface area contributed by atoms with E-state index >= 15 is 0 Å². The van der Waals surface area contributed by atoms with Gasteiger partial charge < -0.3 is 14.2 Å². The van der Waals surface area contributed by atoms with Gasteiger partial charge in [-0.1, -0.05) is 6.07 Å². The number of hydrazine groups is 1. The lowest BCUT2D eigenvalue weighted by atomic mass is 9.93. The summed E-state index contributed by atoms with van der Waals surface area (Å²) in [6.45, 7) is 7.68. The number of ketones is 1. The molecular formula is C20H25FN2O7. The number of carbonyl (C=O) groups is 4. The van der Waals surface area contributed by atoms with Gasteiger partial charge in [-0.2, -0.15) is 5.01 Å². The number of carbonyl (C=O) groups excluding carboxylic acids is 4. The SMILES string of the molecule is CCOC(=O)NN(C(=O)OCC)[C@]1(C(=O)OC(C)(C)C)Cc2ccc(F)cc2C1=O. The number of hydrogen-bond donors (Lipinski definition) is 1. The van der Waals surface area contributed by atoms with E-state index in [1.165, 1.54) is 19.9 Å². The summed E-state index contributed by atoms with van der Waals surface area (Å²) >= 11 is 0. The second kappa shape index (κ2) is 8.68. The van der Waals surface area contributed by atoms with E-state index in [0.717, 1.165) is 12.1 Å². The molecule has 30 heavy (non-hydrogen) atoms. The highest BCUT2D eigenvalue weighted by Gasteiger charge is 2.61. The summed E-state index contributed by atoms with van der Waals surface area (Å²) in [6, 6.07) is 3.44. The lowest BCUT2D eigenvalue weighted by Crippen LogP contribution is -2.68. The molecule has 164 valence electrons. The molecule has 0 bridgehead atoms. The summed E-state index contributed by atoms with van der Waals surface area (Å²) < 4.78 is 28.9. The molecule has 0 radical (unpaired) electrons. The Morgan fingerprint density at radius 3 is 2.37 bits per heavy atom. The zero-order valence-electron chi connectivity index (χ0n) is 17.5. The molecule has 0 saturated carbocycles. The first-order valence-electron chi connectivity index (χ1n) is 9.43. The minimum absolute atomic E-state index is 0.0265. The maximum absolute atomic E-state index is 13.8. The van der Waals surface area contributed by atoms with E-state index in [1.54, 1.807) is 20.8 Å². The van der Waals surface area contributed by atoms with Gasteiger partial charge in [-0.3, -0.25) is 4.79 Å². The molecule has 1 aromatic carbocycles. The number of ether oxygens (including phenoxy) is 3. The fourth-order valence-electron chi connectivity index (χ4n) is 3.03. The molecule has 2 rings (SSSR count). The second-order valence-corrected chi connectivity index (χ2v) is 7.54. The van der Waals surface area contributed by atoms with E-state index in [9.17, 15) is 23.6 Å². The number of esters is 1. The van der Waals surface area contributed by atoms with Crippen LogP contribution in [0.5, 0.6) is 0 Å². The van der Waals surface area contributed by atoms with Gasteiger partial charge in [-0.05, 0) is 52.3 Å². The molecule has 0 aliphatic heterocycles. The van der Waals surface area contributed by atoms with Crippen LogP contribution < -0.4 is 5.43 Å². The Bertz CT molecular complexity index is 865. The summed E-state index contributed by atoms with van der Waals surface area (Å²) in [6.07, 6.45) is -2.59. The molecule has 0 aromatic heterocycles. The van der Waals surface area contributed by atoms with Crippen molar-refractivity contribution in [2.24, 2.45) is 0 Å². The van der Waals surface area contributed by atoms with E-state index in [1.807, 2.05) is 0 Å². The van der Waals surface area contributed by atoms with Crippen LogP contribution in [0.1, 0.15) is 50.5 Å². The van der Waals surface area contributed by atoms with Crippen LogP contribution in [0.25, 0.3) is 0 Å². The largest absolute Gasteiger partial charge is 0.458 e. The van der Waals surface area contributed by atoms with Crippen LogP contribution >= 0.6 is 0 Å². The van der Waals surface area contributed by atoms with Gasteiger partial charge in [0, 0.05) is 12.0 Å². The Labute approximate surface area is 173 Å². The summed E-state index contributed by atoms with van der Waals surface area (Å²) in [5.41, 5.74) is -1.02. The Morgan fingerprint density at radius 2 is 1.80 bits per heavy atom. The number of hydrogen-bond acceptors (Lipinski definition) is 7. The van der Waals surface area contributed by atoms with Crippen molar-refractivity contribution < 1.29 is 37.8 Å². The second-order valence-electron chi connectivity index (χ2n) is 7.54. The third-order valence-electron chi connectivity index (χ3n) is 4.19. The van der Waals surface area contributed by atoms with Crippen molar-refractivity contribution in [1.29, 1.82) is 0 Å². The Balaban J connectivity index is 2.64. The molecule has 0 saturated heterocycles. The third-order valence-corrected chi connectivity index (χ3v) is 4.19. The number of fused-ring (bicyclic) bond motifs is 1. The maximum atomic E-state index is 13.8. The predicted molar refractivity (Wildman–Crippen MR) is 102 cm³/mol. The van der Waals surface area contributed by atoms with Crippen LogP contribution in [0.2, 0.25) is 0 Å². The molecule has 0 spiro atoms. The zero-order valence-corrected chi connectivity index (χ0v) is 17.5. The fourth-order valence-corrected chi connectivity index (χ4v) is 3.03. The van der Waals surface area contributed by atoms with Crippen molar-refractivity contribution >= 4 is 23.9 Å². The van der Waals surface area contributed by atoms with E-state index in [4.69, 9.17) is 14.2 Å². The zero-order chi connectivity index (χ0) is 22.7. The van der Waals surface area contributed by atoms with Gasteiger partial charge in [0.25, 0.3) is 0 Å². The first-order chi connectivity index (χ1) is 14.0. The van der Waals surface area contributed by atoms with Crippen molar-refractivity contribution in [3.8, 4) is 0 Å². The average Bonchev–Trinajstić information content (AvgIpc) is 2.92. The van der Waals surface area contributed by atoms with E-state index in [0.29, 0.717) is 10.6 Å². The fraction of sp³-hybridized carbons (Fsp3) is 0.500. The third kappa shape index (κ3) is 4.52. The van der Waals surface area contributed by atoms with Crippen LogP contribution in [0.15, 0.2) is 18.2 Å². The molecule has 1 atom stereocenters. The Hall–Kier alpha value is -3.17. The van der Waals surface area contributed by atoms with E-state index in [-0.39, 0.29) is 25.2 Å². The van der Waals surface area contributed by atoms with Crippen molar-refractivity contribution in [3.63, 3.8) is 0 Å². The molecule has 2 amide bonds. The average molecular weight is 424 g/mol. The van der Waals surface area contributed by atoms with Gasteiger partial charge in [0.15, 0.2) is 0 Å². The monoisotopic (exact) mass is 424 g/mol. The molecule has 10 heteroatoms. The smallest absolute Gasteiger partial charge is 0.430 e. The number of amides is 2. The molecule has 1 aliphatic rings. The normalized spacial score (nSPS) is 17.7. The van der Waals surface area contributed by atoms with Crippen LogP contribution in [-0.2, 0) is 25.4 Å². The molecular weight excluding hydrogens is 399 g/mol. The molecule has 0 unspecified atom stereocenters. The van der Waals surface area contributed by atoms with Crippen LogP contribution in [0.3, 0.4) is 0 Å². The van der Waals surface area contributed by atoms with Gasteiger partial charge in [-0.25, -0.2) is 24.2 Å². The first kappa shape index (κ1) is 23.1. The number of benzene rings is 1. The van der Waals surface area contributed by atoms with Gasteiger partial charge in [-0.15, -0.1) is 0 Å². The van der Waals surface area contributed by atoms with E-state index in [2.05, 4.69) is 5.43 Å². The van der Waals surface area contributed by atoms with Crippen molar-refractivity contribution in [3.05, 3.63) is 35.1 Å². The van der Waals surface area contributed by atoms with Crippen molar-refractivity contribution in [2.45, 2.75) is 52.2 Å². The number of nitrogens with one attached hydrogen (secondary N) is 1. The number of rotatable bonds is 4. The summed E-state index contributed by atoms with van der Waals surface area (Å²) in [4.78, 5) is 51.4. The van der Waals surface area contributed by atoms with Crippen LogP contribution in [-0.4, -0.2) is 53.3 Å². The van der Waals surface area contributed by atoms with Gasteiger partial charge in [0.1, 0.15) is 11.4 Å². The topological polar surface area (TPSA) is 111 Å². The maximum Gasteiger partial charge on any atom is 0.430 e. The number of nitrogens with zero attached hydrogens (tertiary/aromatic N) is 1. The Kier molecular flexibility index (Phi) is 6.69. The minimum atomic E-state index is -2.33. The number of Topliss-reactive ketones (excluding diaryl/α,β-unsaturated/α-hetero) is 1. The molecule has 0 fully saturated rings. The minimum Gasteiger partial charge on any atom is -0.458 e. The lowest BCUT2D eigenvalue weighted by Gasteiger charge is -2.37. The first-order valence-corrected chi connectivity index (χ1v) is 9.43. The lowest BCUT2D eigenvalue weighted by molar-refractivity contribution is -0.166. The molecule has 0 heterocycles. The highest BCUT2D eigenvalue weighted by molar-refractivity contribution is 6.21. The van der Waals surface area contributed by atoms with Gasteiger partial charge in [0.05, 0.1) is 13.2 Å². The van der Waals surface area contributed by atoms with Gasteiger partial charge in [0.2, 0.25) is 11.3 Å². The summed E-state index contributed by atoms with van der Waals surface area (Å²) in [5.74, 6) is -2.69. The predicted octanol–water partition coefficient (Wildman–Crippen LogP) is 2.76. The Morgan fingerprint density at radius 1 is 1.17 bits per heavy atom. The van der Waals surface area contributed by atoms with Crippen LogP contribution in [0, 0.1) is 5.82 Å². The highest BCUT2D eigenvalue weighted by Crippen LogP contribution is 2.37. The quantitative estimate of drug-likeness (QED) is 0.342. The number of halogens is 1. The van der Waals surface area contributed by atoms with Crippen LogP contribution in [0.4, 0.5) is 14.0 Å². The highest BCUT2D eigenvalue weighted by atomic mass is 19.1. The van der Waals surface area contributed by atoms with Crippen molar-refractivity contribution in [1.82, 2.24) is 10.4 Å². The van der Waals surface area contributed by atoms with Crippen molar-refractivity contribution in [2.75, 3.05) is 13.2 Å². The molecule has 9 nitrogen and oxygen atoms in total. The standard InChI is InChI=1S/C20H25FN2O7/c1-6-28-17(26)22-23(18(27)29-7-2)20(16(25)30-19(3,4)5)11-12-8-9-13(21)10-14(12)15(20)24/h8-10H,6-7,11H2,1-5H3,(H,22,26)/t20-/m1/s1. The molecule has 1 N–H and O–H groups in total. The van der Waals surface area contributed by atoms with Gasteiger partial charge >= 0.3 is 18.2 Å². The summed E-state index contributed by atoms with van der Waals surface area (Å²) in [5, 5.41) is 0.475. The van der Waals surface area contributed by atoms with E-state index < -0.39 is 40.9 Å². The molecule has 1 aliphatic carbocycles. The summed E-state index contributed by atoms with van der Waals surface area (Å²) in [7, 11) is 0.